The van der Waals surface area contributed by atoms with E-state index in [0.717, 1.165) is 11.1 Å². The predicted octanol–water partition coefficient (Wildman–Crippen LogP) is 5.05. The third-order valence-electron chi connectivity index (χ3n) is 5.98. The lowest BCUT2D eigenvalue weighted by Crippen LogP contribution is -2.34. The van der Waals surface area contributed by atoms with Gasteiger partial charge in [-0.2, -0.15) is 9.97 Å². The fraction of sp³-hybridized carbons (Fsp3) is 0.346. The van der Waals surface area contributed by atoms with Gasteiger partial charge in [-0.3, -0.25) is 0 Å². The number of azide groups is 1. The van der Waals surface area contributed by atoms with Gasteiger partial charge in [0.25, 0.3) is 0 Å². The molecule has 1 aliphatic rings. The summed E-state index contributed by atoms with van der Waals surface area (Å²) in [5, 5.41) is 3.44. The summed E-state index contributed by atoms with van der Waals surface area (Å²) in [6, 6.07) is 19.4. The van der Waals surface area contributed by atoms with Crippen LogP contribution in [0.15, 0.2) is 72.0 Å². The SMILES string of the molecule is CCOc1nc(N=[N+]=[N-])nc2nc([C@@H]3O[C@H](COCc4ccccc4)[C@@H](OCc4ccccc4)[C@H]3F)cn12. The summed E-state index contributed by atoms with van der Waals surface area (Å²) >= 11 is 0. The van der Waals surface area contributed by atoms with Crippen molar-refractivity contribution in [2.75, 3.05) is 13.2 Å². The molecule has 0 unspecified atom stereocenters. The van der Waals surface area contributed by atoms with Crippen molar-refractivity contribution in [2.45, 2.75) is 44.6 Å². The van der Waals surface area contributed by atoms with E-state index in [2.05, 4.69) is 25.0 Å². The average molecular weight is 520 g/mol. The maximum Gasteiger partial charge on any atom is 0.305 e. The number of aromatic nitrogens is 4. The Labute approximate surface area is 217 Å². The second-order valence-electron chi connectivity index (χ2n) is 8.57. The molecule has 0 amide bonds. The Kier molecular flexibility index (Phi) is 8.05. The van der Waals surface area contributed by atoms with Gasteiger partial charge in [-0.15, -0.1) is 0 Å². The van der Waals surface area contributed by atoms with Crippen molar-refractivity contribution in [2.24, 2.45) is 5.11 Å². The molecule has 0 bridgehead atoms. The Morgan fingerprint density at radius 3 is 2.42 bits per heavy atom. The summed E-state index contributed by atoms with van der Waals surface area (Å²) in [5.74, 6) is -0.0109. The zero-order chi connectivity index (χ0) is 26.3. The largest absolute Gasteiger partial charge is 0.465 e. The quantitative estimate of drug-likeness (QED) is 0.154. The van der Waals surface area contributed by atoms with E-state index in [1.54, 1.807) is 13.1 Å². The zero-order valence-corrected chi connectivity index (χ0v) is 20.6. The first kappa shape index (κ1) is 25.6. The summed E-state index contributed by atoms with van der Waals surface area (Å²) in [6.07, 6.45) is -2.59. The van der Waals surface area contributed by atoms with Crippen LogP contribution in [-0.4, -0.2) is 50.9 Å². The lowest BCUT2D eigenvalue weighted by Gasteiger charge is -2.20. The molecule has 5 rings (SSSR count). The number of benzene rings is 2. The Morgan fingerprint density at radius 2 is 1.74 bits per heavy atom. The van der Waals surface area contributed by atoms with E-state index in [1.807, 2.05) is 60.7 Å². The summed E-state index contributed by atoms with van der Waals surface area (Å²) in [7, 11) is 0. The molecule has 0 saturated carbocycles. The second kappa shape index (κ2) is 12.0. The molecule has 0 radical (unpaired) electrons. The molecule has 2 aromatic heterocycles. The summed E-state index contributed by atoms with van der Waals surface area (Å²) in [5.41, 5.74) is 11.0. The molecule has 0 N–H and O–H groups in total. The van der Waals surface area contributed by atoms with E-state index in [1.165, 1.54) is 4.40 Å². The van der Waals surface area contributed by atoms with Crippen LogP contribution >= 0.6 is 0 Å². The summed E-state index contributed by atoms with van der Waals surface area (Å²) < 4.78 is 41.0. The molecular weight excluding hydrogens is 493 g/mol. The van der Waals surface area contributed by atoms with Crippen LogP contribution in [0.3, 0.4) is 0 Å². The van der Waals surface area contributed by atoms with E-state index in [4.69, 9.17) is 24.5 Å². The molecule has 12 heteroatoms. The minimum Gasteiger partial charge on any atom is -0.465 e. The van der Waals surface area contributed by atoms with Crippen molar-refractivity contribution >= 4 is 11.7 Å². The standard InChI is InChI=1S/C26H26FN7O4/c1-2-36-26-31-24(32-33-28)30-25-29-19(13-34(25)26)22-21(27)23(37-15-18-11-7-4-8-12-18)20(38-22)16-35-14-17-9-5-3-6-10-17/h3-13,20-23H,2,14-16H2,1H3/t20-,21+,22+,23-/m1/s1. The maximum absolute atomic E-state index is 15.9. The van der Waals surface area contributed by atoms with Crippen molar-refractivity contribution < 1.29 is 23.3 Å². The Bertz CT molecular complexity index is 1400. The molecule has 4 atom stereocenters. The Hall–Kier alpha value is -4.09. The maximum atomic E-state index is 15.9. The van der Waals surface area contributed by atoms with Gasteiger partial charge in [-0.1, -0.05) is 60.7 Å². The second-order valence-corrected chi connectivity index (χ2v) is 8.57. The lowest BCUT2D eigenvalue weighted by molar-refractivity contribution is -0.0740. The zero-order valence-electron chi connectivity index (χ0n) is 20.6. The molecule has 38 heavy (non-hydrogen) atoms. The minimum absolute atomic E-state index is 0.117. The molecule has 1 saturated heterocycles. The van der Waals surface area contributed by atoms with Crippen molar-refractivity contribution in [3.63, 3.8) is 0 Å². The third-order valence-corrected chi connectivity index (χ3v) is 5.98. The highest BCUT2D eigenvalue weighted by Gasteiger charge is 2.48. The van der Waals surface area contributed by atoms with E-state index in [-0.39, 0.29) is 36.6 Å². The summed E-state index contributed by atoms with van der Waals surface area (Å²) in [6.45, 7) is 2.79. The van der Waals surface area contributed by atoms with Gasteiger partial charge >= 0.3 is 6.01 Å². The number of fused-ring (bicyclic) bond motifs is 1. The average Bonchev–Trinajstić information content (AvgIpc) is 3.50. The molecule has 4 aromatic rings. The van der Waals surface area contributed by atoms with Gasteiger partial charge in [-0.05, 0) is 28.7 Å². The highest BCUT2D eigenvalue weighted by Crippen LogP contribution is 2.38. The van der Waals surface area contributed by atoms with Gasteiger partial charge in [0.1, 0.15) is 18.3 Å². The van der Waals surface area contributed by atoms with Crippen LogP contribution in [0, 0.1) is 0 Å². The number of alkyl halides is 1. The Balaban J connectivity index is 1.38. The van der Waals surface area contributed by atoms with Crippen LogP contribution in [0.1, 0.15) is 29.8 Å². The van der Waals surface area contributed by atoms with E-state index >= 15 is 4.39 Å². The fourth-order valence-electron chi connectivity index (χ4n) is 4.23. The van der Waals surface area contributed by atoms with Crippen molar-refractivity contribution in [1.29, 1.82) is 0 Å². The van der Waals surface area contributed by atoms with Crippen molar-refractivity contribution in [1.82, 2.24) is 19.4 Å². The van der Waals surface area contributed by atoms with Gasteiger partial charge in [-0.25, -0.2) is 13.8 Å². The number of rotatable bonds is 11. The van der Waals surface area contributed by atoms with Crippen LogP contribution in [0.4, 0.5) is 10.3 Å². The van der Waals surface area contributed by atoms with Gasteiger partial charge in [0.05, 0.1) is 32.1 Å². The smallest absolute Gasteiger partial charge is 0.305 e. The number of halogens is 1. The predicted molar refractivity (Wildman–Crippen MR) is 134 cm³/mol. The number of nitrogens with zero attached hydrogens (tertiary/aromatic N) is 7. The van der Waals surface area contributed by atoms with Crippen LogP contribution in [0.2, 0.25) is 0 Å². The highest BCUT2D eigenvalue weighted by molar-refractivity contribution is 5.39. The molecule has 1 fully saturated rings. The normalized spacial score (nSPS) is 20.9. The van der Waals surface area contributed by atoms with Crippen molar-refractivity contribution in [3.05, 3.63) is 94.1 Å². The number of imidazole rings is 1. The van der Waals surface area contributed by atoms with Gasteiger partial charge in [0.2, 0.25) is 11.7 Å². The number of hydrogen-bond donors (Lipinski definition) is 0. The molecule has 3 heterocycles. The van der Waals surface area contributed by atoms with E-state index < -0.39 is 24.5 Å². The molecular formula is C26H26FN7O4. The fourth-order valence-corrected chi connectivity index (χ4v) is 4.23. The van der Waals surface area contributed by atoms with Crippen LogP contribution in [-0.2, 0) is 27.4 Å². The van der Waals surface area contributed by atoms with Gasteiger partial charge in [0, 0.05) is 11.1 Å². The third kappa shape index (κ3) is 5.74. The van der Waals surface area contributed by atoms with Crippen LogP contribution in [0.5, 0.6) is 6.01 Å². The first-order valence-electron chi connectivity index (χ1n) is 12.2. The van der Waals surface area contributed by atoms with Crippen molar-refractivity contribution in [3.8, 4) is 6.01 Å². The number of ether oxygens (including phenoxy) is 4. The lowest BCUT2D eigenvalue weighted by atomic mass is 10.1. The van der Waals surface area contributed by atoms with Crippen LogP contribution < -0.4 is 4.74 Å². The topological polar surface area (TPSA) is 129 Å². The molecule has 1 aliphatic heterocycles. The minimum atomic E-state index is -1.53. The highest BCUT2D eigenvalue weighted by atomic mass is 19.1. The Morgan fingerprint density at radius 1 is 1.03 bits per heavy atom. The van der Waals surface area contributed by atoms with E-state index in [0.29, 0.717) is 13.2 Å². The first-order valence-corrected chi connectivity index (χ1v) is 12.2. The summed E-state index contributed by atoms with van der Waals surface area (Å²) in [4.78, 5) is 15.4. The molecule has 196 valence electrons. The first-order chi connectivity index (χ1) is 18.7. The molecule has 0 spiro atoms. The molecule has 2 aromatic carbocycles. The van der Waals surface area contributed by atoms with Gasteiger partial charge < -0.3 is 18.9 Å². The van der Waals surface area contributed by atoms with E-state index in [9.17, 15) is 0 Å². The van der Waals surface area contributed by atoms with Crippen LogP contribution in [0.25, 0.3) is 16.2 Å². The molecule has 11 nitrogen and oxygen atoms in total. The van der Waals surface area contributed by atoms with Gasteiger partial charge in [0.15, 0.2) is 6.17 Å². The monoisotopic (exact) mass is 519 g/mol. The number of hydrogen-bond acceptors (Lipinski definition) is 8. The molecule has 0 aliphatic carbocycles.